The maximum atomic E-state index is 13.2. The lowest BCUT2D eigenvalue weighted by Gasteiger charge is -2.31. The van der Waals surface area contributed by atoms with Crippen molar-refractivity contribution >= 4 is 45.4 Å². The van der Waals surface area contributed by atoms with Gasteiger partial charge in [-0.2, -0.15) is 0 Å². The number of halogens is 1. The Morgan fingerprint density at radius 2 is 2.00 bits per heavy atom. The number of carbonyl (C=O) groups is 1. The molecule has 0 fully saturated rings. The lowest BCUT2D eigenvalue weighted by atomic mass is 10.0. The minimum Gasteiger partial charge on any atom is -0.291 e. The quantitative estimate of drug-likeness (QED) is 0.423. The normalized spacial score (nSPS) is 15.4. The smallest absolute Gasteiger partial charge is 0.291 e. The molecule has 0 spiro atoms. The van der Waals surface area contributed by atoms with Crippen molar-refractivity contribution in [2.45, 2.75) is 32.1 Å². The number of nitrogens with zero attached hydrogens (tertiary/aromatic N) is 3. The molecule has 2 heterocycles. The summed E-state index contributed by atoms with van der Waals surface area (Å²) in [6.07, 6.45) is 1.47. The van der Waals surface area contributed by atoms with Crippen molar-refractivity contribution in [2.24, 2.45) is 0 Å². The van der Waals surface area contributed by atoms with E-state index in [4.69, 9.17) is 5.10 Å². The molecular weight excluding hydrogens is 476 g/mol. The maximum Gasteiger partial charge on any atom is 0.325 e. The van der Waals surface area contributed by atoms with Gasteiger partial charge in [0.25, 0.3) is 6.17 Å². The number of aromatic amines is 1. The van der Waals surface area contributed by atoms with E-state index < -0.39 is 6.17 Å². The number of amides is 1. The van der Waals surface area contributed by atoms with Crippen molar-refractivity contribution in [3.05, 3.63) is 74.5 Å². The van der Waals surface area contributed by atoms with E-state index >= 15 is 0 Å². The monoisotopic (exact) mass is 497 g/mol. The molecule has 1 aromatic heterocycles. The highest BCUT2D eigenvalue weighted by atomic mass is 79.9. The van der Waals surface area contributed by atoms with Gasteiger partial charge < -0.3 is 0 Å². The minimum atomic E-state index is -0.556. The number of hydrogen-bond acceptors (Lipinski definition) is 4. The Bertz CT molecular complexity index is 1240. The fraction of sp³-hybridized carbons (Fsp3) is 0.217. The van der Waals surface area contributed by atoms with E-state index in [0.29, 0.717) is 22.1 Å². The summed E-state index contributed by atoms with van der Waals surface area (Å²) in [4.78, 5) is 30.6. The Labute approximate surface area is 193 Å². The molecule has 0 radical (unpaired) electrons. The number of anilines is 1. The van der Waals surface area contributed by atoms with Crippen molar-refractivity contribution in [3.63, 3.8) is 0 Å². The maximum absolute atomic E-state index is 13.2. The predicted octanol–water partition coefficient (Wildman–Crippen LogP) is 4.57. The summed E-state index contributed by atoms with van der Waals surface area (Å²) in [5.74, 6) is 0.643. The van der Waals surface area contributed by atoms with E-state index in [1.54, 1.807) is 9.58 Å². The lowest BCUT2D eigenvalue weighted by Crippen LogP contribution is -2.60. The third-order valence-corrected chi connectivity index (χ3v) is 6.27. The molecule has 8 heteroatoms. The molecular formula is C23H22BrN4O2S+. The Hall–Kier alpha value is -2.71. The van der Waals surface area contributed by atoms with Gasteiger partial charge in [0.2, 0.25) is 11.1 Å². The Balaban J connectivity index is 2.02. The largest absolute Gasteiger partial charge is 0.325 e. The molecule has 3 aromatic rings. The number of rotatable bonds is 4. The van der Waals surface area contributed by atoms with Crippen LogP contribution in [0.4, 0.5) is 5.69 Å². The summed E-state index contributed by atoms with van der Waals surface area (Å²) < 4.78 is 2.50. The molecule has 4 rings (SSSR count). The van der Waals surface area contributed by atoms with E-state index in [1.165, 1.54) is 18.7 Å². The number of benzene rings is 2. The van der Waals surface area contributed by atoms with Crippen LogP contribution in [0.5, 0.6) is 0 Å². The summed E-state index contributed by atoms with van der Waals surface area (Å²) in [6.45, 7) is 5.50. The van der Waals surface area contributed by atoms with Gasteiger partial charge in [-0.15, -0.1) is 0 Å². The number of hydrogen-bond donors (Lipinski definition) is 1. The first-order valence-corrected chi connectivity index (χ1v) is 11.7. The molecule has 0 aliphatic carbocycles. The molecule has 1 aliphatic heterocycles. The first-order chi connectivity index (χ1) is 14.9. The molecule has 1 atom stereocenters. The SMILES string of the molecule is CCSc1n[n+]2c(c(=O)[nH]1)-c1cc(Br)ccc1N(C(C)=O)C2/C(C)=C/c1ccccc1. The van der Waals surface area contributed by atoms with Crippen molar-refractivity contribution in [3.8, 4) is 11.3 Å². The highest BCUT2D eigenvalue weighted by Crippen LogP contribution is 2.39. The van der Waals surface area contributed by atoms with Gasteiger partial charge in [0, 0.05) is 22.1 Å². The number of aromatic nitrogens is 3. The zero-order chi connectivity index (χ0) is 22.1. The molecule has 1 N–H and O–H groups in total. The van der Waals surface area contributed by atoms with Gasteiger partial charge in [0.05, 0.1) is 11.3 Å². The predicted molar refractivity (Wildman–Crippen MR) is 127 cm³/mol. The molecule has 31 heavy (non-hydrogen) atoms. The standard InChI is InChI=1S/C23H21BrN4O2S/c1-4-31-23-25-21(30)20-18-13-17(24)10-11-19(18)27(15(3)29)22(28(20)26-23)14(2)12-16-8-6-5-7-9-16/h5-13,22H,4H2,1-3H3/p+1/b14-12+. The number of fused-ring (bicyclic) bond motifs is 3. The van der Waals surface area contributed by atoms with E-state index in [2.05, 4.69) is 20.9 Å². The number of carbonyl (C=O) groups excluding carboxylic acids is 1. The molecule has 1 unspecified atom stereocenters. The topological polar surface area (TPSA) is 69.9 Å². The number of thioether (sulfide) groups is 1. The molecule has 0 saturated carbocycles. The van der Waals surface area contributed by atoms with Crippen LogP contribution in [0.15, 0.2) is 68.5 Å². The lowest BCUT2D eigenvalue weighted by molar-refractivity contribution is -0.763. The summed E-state index contributed by atoms with van der Waals surface area (Å²) in [5.41, 5.74) is 3.46. The van der Waals surface area contributed by atoms with Crippen LogP contribution in [0.2, 0.25) is 0 Å². The molecule has 0 saturated heterocycles. The Kier molecular flexibility index (Phi) is 6.11. The molecule has 158 valence electrons. The minimum absolute atomic E-state index is 0.126. The Morgan fingerprint density at radius 3 is 2.68 bits per heavy atom. The zero-order valence-electron chi connectivity index (χ0n) is 17.4. The van der Waals surface area contributed by atoms with Crippen LogP contribution in [0.25, 0.3) is 17.3 Å². The van der Waals surface area contributed by atoms with Crippen molar-refractivity contribution < 1.29 is 9.48 Å². The second-order valence-corrected chi connectivity index (χ2v) is 9.38. The van der Waals surface area contributed by atoms with Gasteiger partial charge in [-0.1, -0.05) is 64.9 Å². The summed E-state index contributed by atoms with van der Waals surface area (Å²) in [5, 5.41) is 5.27. The van der Waals surface area contributed by atoms with Gasteiger partial charge in [-0.3, -0.25) is 14.6 Å². The van der Waals surface area contributed by atoms with E-state index in [9.17, 15) is 9.59 Å². The molecule has 1 aliphatic rings. The second kappa shape index (κ2) is 8.80. The average molecular weight is 498 g/mol. The van der Waals surface area contributed by atoms with Crippen LogP contribution >= 0.6 is 27.7 Å². The van der Waals surface area contributed by atoms with Gasteiger partial charge >= 0.3 is 11.3 Å². The van der Waals surface area contributed by atoms with Crippen LogP contribution in [0.1, 0.15) is 32.5 Å². The van der Waals surface area contributed by atoms with Crippen LogP contribution < -0.4 is 15.1 Å². The van der Waals surface area contributed by atoms with Gasteiger partial charge in [0.1, 0.15) is 0 Å². The van der Waals surface area contributed by atoms with Crippen molar-refractivity contribution in [1.29, 1.82) is 0 Å². The fourth-order valence-electron chi connectivity index (χ4n) is 3.83. The summed E-state index contributed by atoms with van der Waals surface area (Å²) >= 11 is 4.94. The third-order valence-electron chi connectivity index (χ3n) is 5.03. The van der Waals surface area contributed by atoms with Crippen molar-refractivity contribution in [2.75, 3.05) is 10.7 Å². The van der Waals surface area contributed by atoms with Crippen molar-refractivity contribution in [1.82, 2.24) is 10.1 Å². The van der Waals surface area contributed by atoms with E-state index in [0.717, 1.165) is 21.4 Å². The number of H-pyrrole nitrogens is 1. The average Bonchev–Trinajstić information content (AvgIpc) is 2.73. The van der Waals surface area contributed by atoms with Crippen LogP contribution in [0.3, 0.4) is 0 Å². The second-order valence-electron chi connectivity index (χ2n) is 7.21. The van der Waals surface area contributed by atoms with Gasteiger partial charge in [-0.25, -0.2) is 4.90 Å². The van der Waals surface area contributed by atoms with Gasteiger partial charge in [-0.05, 0) is 47.2 Å². The summed E-state index contributed by atoms with van der Waals surface area (Å²) in [7, 11) is 0. The first-order valence-electron chi connectivity index (χ1n) is 9.92. The van der Waals surface area contributed by atoms with Crippen LogP contribution in [0, 0.1) is 0 Å². The fourth-order valence-corrected chi connectivity index (χ4v) is 4.78. The van der Waals surface area contributed by atoms with Crippen LogP contribution in [-0.2, 0) is 4.79 Å². The third kappa shape index (κ3) is 4.09. The zero-order valence-corrected chi connectivity index (χ0v) is 19.8. The first kappa shape index (κ1) is 21.5. The molecule has 2 aromatic carbocycles. The van der Waals surface area contributed by atoms with Gasteiger partial charge in [0.15, 0.2) is 0 Å². The molecule has 1 amide bonds. The van der Waals surface area contributed by atoms with Crippen LogP contribution in [-0.4, -0.2) is 21.7 Å². The van der Waals surface area contributed by atoms with E-state index in [1.807, 2.05) is 68.5 Å². The number of nitrogens with one attached hydrogen (secondary N) is 1. The molecule has 6 nitrogen and oxygen atoms in total. The molecule has 0 bridgehead atoms. The summed E-state index contributed by atoms with van der Waals surface area (Å²) in [6, 6.07) is 15.5. The van der Waals surface area contributed by atoms with E-state index in [-0.39, 0.29) is 11.5 Å². The highest BCUT2D eigenvalue weighted by Gasteiger charge is 2.44. The Morgan fingerprint density at radius 1 is 1.26 bits per heavy atom. The highest BCUT2D eigenvalue weighted by molar-refractivity contribution is 9.10.